The molecule has 1 aromatic heterocycles. The second-order valence-electron chi connectivity index (χ2n) is 3.33. The summed E-state index contributed by atoms with van der Waals surface area (Å²) in [4.78, 5) is 5.12. The number of rotatable bonds is 4. The van der Waals surface area contributed by atoms with Gasteiger partial charge in [0, 0.05) is 10.8 Å². The average Bonchev–Trinajstić information content (AvgIpc) is 2.89. The molecule has 0 bridgehead atoms. The average molecular weight is 267 g/mol. The smallest absolute Gasteiger partial charge is 0.214 e. The first-order valence-electron chi connectivity index (χ1n) is 5.01. The Balaban J connectivity index is 2.22. The SMILES string of the molecule is CSc1ccc(C=Cc2ncon2)cc1CCl. The maximum Gasteiger partial charge on any atom is 0.214 e. The van der Waals surface area contributed by atoms with Crippen molar-refractivity contribution in [1.29, 1.82) is 0 Å². The van der Waals surface area contributed by atoms with E-state index in [1.807, 2.05) is 18.4 Å². The van der Waals surface area contributed by atoms with E-state index >= 15 is 0 Å². The van der Waals surface area contributed by atoms with Gasteiger partial charge in [0.05, 0.1) is 0 Å². The van der Waals surface area contributed by atoms with Crippen molar-refractivity contribution < 1.29 is 4.52 Å². The van der Waals surface area contributed by atoms with Crippen LogP contribution in [-0.4, -0.2) is 16.4 Å². The van der Waals surface area contributed by atoms with Crippen molar-refractivity contribution in [3.63, 3.8) is 0 Å². The fourth-order valence-electron chi connectivity index (χ4n) is 1.43. The molecule has 0 saturated carbocycles. The number of alkyl halides is 1. The Hall–Kier alpha value is -1.26. The van der Waals surface area contributed by atoms with E-state index in [2.05, 4.69) is 26.8 Å². The molecule has 0 aliphatic carbocycles. The first-order chi connectivity index (χ1) is 8.33. The molecule has 2 aromatic rings. The van der Waals surface area contributed by atoms with E-state index in [-0.39, 0.29) is 0 Å². The fraction of sp³-hybridized carbons (Fsp3) is 0.167. The molecule has 88 valence electrons. The quantitative estimate of drug-likeness (QED) is 0.625. The summed E-state index contributed by atoms with van der Waals surface area (Å²) in [5, 5.41) is 3.70. The van der Waals surface area contributed by atoms with Gasteiger partial charge in [-0.1, -0.05) is 17.3 Å². The normalized spacial score (nSPS) is 11.2. The third-order valence-corrected chi connectivity index (χ3v) is 3.38. The number of aromatic nitrogens is 2. The van der Waals surface area contributed by atoms with Crippen molar-refractivity contribution in [3.05, 3.63) is 41.5 Å². The van der Waals surface area contributed by atoms with Crippen molar-refractivity contribution in [1.82, 2.24) is 10.1 Å². The van der Waals surface area contributed by atoms with E-state index in [0.29, 0.717) is 11.7 Å². The molecule has 17 heavy (non-hydrogen) atoms. The highest BCUT2D eigenvalue weighted by molar-refractivity contribution is 7.98. The molecule has 3 nitrogen and oxygen atoms in total. The molecule has 2 rings (SSSR count). The minimum absolute atomic E-state index is 0.514. The maximum atomic E-state index is 5.91. The van der Waals surface area contributed by atoms with Crippen LogP contribution < -0.4 is 0 Å². The number of hydrogen-bond acceptors (Lipinski definition) is 4. The molecule has 0 saturated heterocycles. The van der Waals surface area contributed by atoms with Crippen LogP contribution in [0.1, 0.15) is 17.0 Å². The van der Waals surface area contributed by atoms with Crippen LogP contribution in [0.4, 0.5) is 0 Å². The number of hydrogen-bond donors (Lipinski definition) is 0. The van der Waals surface area contributed by atoms with Gasteiger partial charge in [-0.05, 0) is 35.6 Å². The zero-order valence-corrected chi connectivity index (χ0v) is 10.8. The first kappa shape index (κ1) is 12.2. The van der Waals surface area contributed by atoms with Crippen LogP contribution in [0.3, 0.4) is 0 Å². The van der Waals surface area contributed by atoms with Gasteiger partial charge in [-0.15, -0.1) is 23.4 Å². The van der Waals surface area contributed by atoms with E-state index in [1.165, 1.54) is 11.3 Å². The van der Waals surface area contributed by atoms with Crippen molar-refractivity contribution in [3.8, 4) is 0 Å². The number of halogens is 1. The van der Waals surface area contributed by atoms with Crippen LogP contribution in [0, 0.1) is 0 Å². The molecule has 0 amide bonds. The minimum atomic E-state index is 0.514. The molecule has 0 aliphatic rings. The Labute approximate surface area is 109 Å². The van der Waals surface area contributed by atoms with Crippen LogP contribution in [0.5, 0.6) is 0 Å². The molecular formula is C12H11ClN2OS. The maximum absolute atomic E-state index is 5.91. The summed E-state index contributed by atoms with van der Waals surface area (Å²) >= 11 is 7.60. The number of benzene rings is 1. The predicted molar refractivity (Wildman–Crippen MR) is 71.0 cm³/mol. The highest BCUT2D eigenvalue weighted by Gasteiger charge is 2.01. The topological polar surface area (TPSA) is 38.9 Å². The molecule has 0 radical (unpaired) electrons. The summed E-state index contributed by atoms with van der Waals surface area (Å²) in [6.07, 6.45) is 7.08. The van der Waals surface area contributed by atoms with Gasteiger partial charge in [-0.25, -0.2) is 0 Å². The molecule has 0 fully saturated rings. The first-order valence-corrected chi connectivity index (χ1v) is 6.76. The lowest BCUT2D eigenvalue weighted by Crippen LogP contribution is -1.84. The summed E-state index contributed by atoms with van der Waals surface area (Å²) in [6.45, 7) is 0. The summed E-state index contributed by atoms with van der Waals surface area (Å²) in [6, 6.07) is 6.17. The molecule has 0 N–H and O–H groups in total. The molecule has 1 heterocycles. The molecule has 0 atom stereocenters. The Morgan fingerprint density at radius 2 is 2.29 bits per heavy atom. The van der Waals surface area contributed by atoms with Gasteiger partial charge in [-0.3, -0.25) is 0 Å². The zero-order valence-electron chi connectivity index (χ0n) is 9.26. The Morgan fingerprint density at radius 1 is 1.41 bits per heavy atom. The summed E-state index contributed by atoms with van der Waals surface area (Å²) in [7, 11) is 0. The lowest BCUT2D eigenvalue weighted by molar-refractivity contribution is 0.415. The highest BCUT2D eigenvalue weighted by atomic mass is 35.5. The van der Waals surface area contributed by atoms with Gasteiger partial charge in [0.15, 0.2) is 5.82 Å². The van der Waals surface area contributed by atoms with E-state index < -0.39 is 0 Å². The van der Waals surface area contributed by atoms with Gasteiger partial charge >= 0.3 is 0 Å². The lowest BCUT2D eigenvalue weighted by atomic mass is 10.1. The summed E-state index contributed by atoms with van der Waals surface area (Å²) < 4.78 is 4.65. The molecule has 0 aliphatic heterocycles. The van der Waals surface area contributed by atoms with Crippen molar-refractivity contribution in [2.75, 3.05) is 6.26 Å². The van der Waals surface area contributed by atoms with Gasteiger partial charge in [0.2, 0.25) is 6.39 Å². The molecular weight excluding hydrogens is 256 g/mol. The van der Waals surface area contributed by atoms with Gasteiger partial charge in [0.1, 0.15) is 0 Å². The van der Waals surface area contributed by atoms with Crippen LogP contribution in [0.25, 0.3) is 12.2 Å². The van der Waals surface area contributed by atoms with E-state index in [1.54, 1.807) is 17.8 Å². The second kappa shape index (κ2) is 5.89. The molecule has 1 aromatic carbocycles. The number of nitrogens with zero attached hydrogens (tertiary/aromatic N) is 2. The minimum Gasteiger partial charge on any atom is -0.342 e. The zero-order chi connectivity index (χ0) is 12.1. The highest BCUT2D eigenvalue weighted by Crippen LogP contribution is 2.23. The predicted octanol–water partition coefficient (Wildman–Crippen LogP) is 3.70. The van der Waals surface area contributed by atoms with E-state index in [0.717, 1.165) is 11.1 Å². The Morgan fingerprint density at radius 3 is 2.94 bits per heavy atom. The number of thioether (sulfide) groups is 1. The lowest BCUT2D eigenvalue weighted by Gasteiger charge is -2.04. The van der Waals surface area contributed by atoms with Crippen molar-refractivity contribution in [2.24, 2.45) is 0 Å². The summed E-state index contributed by atoms with van der Waals surface area (Å²) in [5.41, 5.74) is 2.21. The van der Waals surface area contributed by atoms with Gasteiger partial charge < -0.3 is 4.52 Å². The van der Waals surface area contributed by atoms with E-state index in [9.17, 15) is 0 Å². The van der Waals surface area contributed by atoms with Crippen LogP contribution in [-0.2, 0) is 5.88 Å². The summed E-state index contributed by atoms with van der Waals surface area (Å²) in [5.74, 6) is 1.08. The van der Waals surface area contributed by atoms with Crippen molar-refractivity contribution >= 4 is 35.5 Å². The molecule has 5 heteroatoms. The Bertz CT molecular complexity index is 511. The Kier molecular flexibility index (Phi) is 4.23. The third kappa shape index (κ3) is 3.11. The largest absolute Gasteiger partial charge is 0.342 e. The molecule has 0 unspecified atom stereocenters. The van der Waals surface area contributed by atoms with E-state index in [4.69, 9.17) is 11.6 Å². The second-order valence-corrected chi connectivity index (χ2v) is 4.44. The third-order valence-electron chi connectivity index (χ3n) is 2.25. The van der Waals surface area contributed by atoms with Crippen LogP contribution >= 0.6 is 23.4 Å². The van der Waals surface area contributed by atoms with Crippen molar-refractivity contribution in [2.45, 2.75) is 10.8 Å². The van der Waals surface area contributed by atoms with Crippen LogP contribution in [0.2, 0.25) is 0 Å². The fourth-order valence-corrected chi connectivity index (χ4v) is 2.33. The van der Waals surface area contributed by atoms with Crippen LogP contribution in [0.15, 0.2) is 34.0 Å². The monoisotopic (exact) mass is 266 g/mol. The molecule has 0 spiro atoms. The van der Waals surface area contributed by atoms with Gasteiger partial charge in [-0.2, -0.15) is 4.98 Å². The standard InChI is InChI=1S/C12H11ClN2OS/c1-17-11-4-2-9(6-10(11)7-13)3-5-12-14-8-16-15-12/h2-6,8H,7H2,1H3. The van der Waals surface area contributed by atoms with Gasteiger partial charge in [0.25, 0.3) is 0 Å².